The molecular weight excluding hydrogens is 356 g/mol. The average molecular weight is 370 g/mol. The number of methoxy groups -OCH3 is 1. The van der Waals surface area contributed by atoms with Gasteiger partial charge in [-0.1, -0.05) is 42.1 Å². The molecule has 5 nitrogen and oxygen atoms in total. The lowest BCUT2D eigenvalue weighted by Gasteiger charge is -2.15. The summed E-state index contributed by atoms with van der Waals surface area (Å²) in [6.07, 6.45) is 1.73. The number of hydrogen-bond acceptors (Lipinski definition) is 5. The standard InChI is InChI=1S/C18H14N2O3S2/c1-23-14-9-7-12(8-10-14)11-15-17(22)20(18(24)25-15)19-16(21)13-5-3-2-4-6-13/h2-11H,1H3,(H,19,21). The maximum absolute atomic E-state index is 12.5. The zero-order valence-corrected chi connectivity index (χ0v) is 14.9. The zero-order valence-electron chi connectivity index (χ0n) is 13.3. The van der Waals surface area contributed by atoms with E-state index in [0.717, 1.165) is 28.1 Å². The van der Waals surface area contributed by atoms with Gasteiger partial charge in [0.2, 0.25) is 0 Å². The highest BCUT2D eigenvalue weighted by Gasteiger charge is 2.33. The van der Waals surface area contributed by atoms with Crippen LogP contribution in [0, 0.1) is 0 Å². The van der Waals surface area contributed by atoms with Crippen LogP contribution in [0.5, 0.6) is 5.75 Å². The van der Waals surface area contributed by atoms with Crippen molar-refractivity contribution in [2.45, 2.75) is 0 Å². The summed E-state index contributed by atoms with van der Waals surface area (Å²) in [5.41, 5.74) is 3.85. The lowest BCUT2D eigenvalue weighted by Crippen LogP contribution is -2.44. The van der Waals surface area contributed by atoms with Crippen LogP contribution in [0.3, 0.4) is 0 Å². The number of amides is 2. The Kier molecular flexibility index (Phi) is 5.16. The van der Waals surface area contributed by atoms with Crippen molar-refractivity contribution in [3.8, 4) is 5.75 Å². The van der Waals surface area contributed by atoms with E-state index in [0.29, 0.717) is 10.5 Å². The number of hydrazine groups is 1. The van der Waals surface area contributed by atoms with Crippen LogP contribution < -0.4 is 10.2 Å². The Bertz CT molecular complexity index is 848. The molecule has 0 unspecified atom stereocenters. The van der Waals surface area contributed by atoms with Gasteiger partial charge in [-0.15, -0.1) is 0 Å². The number of thiocarbonyl (C=S) groups is 1. The number of nitrogens with one attached hydrogen (secondary N) is 1. The quantitative estimate of drug-likeness (QED) is 0.661. The van der Waals surface area contributed by atoms with Gasteiger partial charge in [-0.05, 0) is 48.1 Å². The summed E-state index contributed by atoms with van der Waals surface area (Å²) in [6, 6.07) is 16.0. The highest BCUT2D eigenvalue weighted by molar-refractivity contribution is 8.26. The molecule has 1 aliphatic heterocycles. The molecule has 2 aromatic rings. The Labute approximate surface area is 154 Å². The van der Waals surface area contributed by atoms with E-state index in [1.54, 1.807) is 37.5 Å². The highest BCUT2D eigenvalue weighted by Crippen LogP contribution is 2.31. The number of nitrogens with zero attached hydrogens (tertiary/aromatic N) is 1. The molecule has 0 spiro atoms. The summed E-state index contributed by atoms with van der Waals surface area (Å²) in [5.74, 6) is -0.00230. The molecule has 0 atom stereocenters. The van der Waals surface area contributed by atoms with E-state index in [1.165, 1.54) is 0 Å². The molecule has 3 rings (SSSR count). The minimum absolute atomic E-state index is 0.286. The van der Waals surface area contributed by atoms with Gasteiger partial charge in [-0.3, -0.25) is 15.0 Å². The molecule has 2 aromatic carbocycles. The normalized spacial score (nSPS) is 15.6. The summed E-state index contributed by atoms with van der Waals surface area (Å²) >= 11 is 6.36. The lowest BCUT2D eigenvalue weighted by molar-refractivity contribution is -0.123. The summed E-state index contributed by atoms with van der Waals surface area (Å²) < 4.78 is 5.40. The number of thioether (sulfide) groups is 1. The molecule has 25 heavy (non-hydrogen) atoms. The first kappa shape index (κ1) is 17.2. The second kappa shape index (κ2) is 7.50. The summed E-state index contributed by atoms with van der Waals surface area (Å²) in [7, 11) is 1.59. The third kappa shape index (κ3) is 3.89. The van der Waals surface area contributed by atoms with Crippen molar-refractivity contribution in [3.63, 3.8) is 0 Å². The van der Waals surface area contributed by atoms with Crippen molar-refractivity contribution in [2.24, 2.45) is 0 Å². The van der Waals surface area contributed by atoms with Gasteiger partial charge in [0.15, 0.2) is 4.32 Å². The van der Waals surface area contributed by atoms with Gasteiger partial charge in [0.1, 0.15) is 5.75 Å². The molecule has 0 bridgehead atoms. The number of rotatable bonds is 4. The molecule has 1 saturated heterocycles. The van der Waals surface area contributed by atoms with Gasteiger partial charge < -0.3 is 4.74 Å². The van der Waals surface area contributed by atoms with Crippen molar-refractivity contribution in [2.75, 3.05) is 7.11 Å². The van der Waals surface area contributed by atoms with Crippen molar-refractivity contribution in [1.82, 2.24) is 10.4 Å². The van der Waals surface area contributed by atoms with E-state index in [9.17, 15) is 9.59 Å². The third-order valence-electron chi connectivity index (χ3n) is 3.46. The average Bonchev–Trinajstić information content (AvgIpc) is 2.90. The molecule has 0 radical (unpaired) electrons. The van der Waals surface area contributed by atoms with Gasteiger partial charge in [0.25, 0.3) is 11.8 Å². The third-order valence-corrected chi connectivity index (χ3v) is 4.76. The largest absolute Gasteiger partial charge is 0.497 e. The minimum atomic E-state index is -0.386. The minimum Gasteiger partial charge on any atom is -0.497 e. The molecule has 0 aliphatic carbocycles. The van der Waals surface area contributed by atoms with Crippen LogP contribution >= 0.6 is 24.0 Å². The molecule has 7 heteroatoms. The maximum atomic E-state index is 12.5. The molecule has 1 aliphatic rings. The maximum Gasteiger partial charge on any atom is 0.285 e. The fraction of sp³-hybridized carbons (Fsp3) is 0.0556. The first-order chi connectivity index (χ1) is 12.1. The predicted octanol–water partition coefficient (Wildman–Crippen LogP) is 3.24. The number of carbonyl (C=O) groups is 2. The Morgan fingerprint density at radius 1 is 1.16 bits per heavy atom. The fourth-order valence-corrected chi connectivity index (χ4v) is 3.35. The Morgan fingerprint density at radius 2 is 1.84 bits per heavy atom. The van der Waals surface area contributed by atoms with Crippen LogP contribution in [0.4, 0.5) is 0 Å². The lowest BCUT2D eigenvalue weighted by atomic mass is 10.2. The van der Waals surface area contributed by atoms with Gasteiger partial charge in [0.05, 0.1) is 12.0 Å². The Hall–Kier alpha value is -2.64. The second-order valence-corrected chi connectivity index (χ2v) is 6.77. The van der Waals surface area contributed by atoms with E-state index in [-0.39, 0.29) is 16.1 Å². The SMILES string of the molecule is COc1ccc(C=C2SC(=S)N(NC(=O)c3ccccc3)C2=O)cc1. The van der Waals surface area contributed by atoms with Crippen molar-refractivity contribution < 1.29 is 14.3 Å². The van der Waals surface area contributed by atoms with Crippen LogP contribution in [0.1, 0.15) is 15.9 Å². The van der Waals surface area contributed by atoms with Crippen molar-refractivity contribution in [1.29, 1.82) is 0 Å². The molecule has 126 valence electrons. The first-order valence-electron chi connectivity index (χ1n) is 7.36. The molecule has 0 aromatic heterocycles. The molecule has 0 saturated carbocycles. The highest BCUT2D eigenvalue weighted by atomic mass is 32.2. The van der Waals surface area contributed by atoms with Crippen molar-refractivity contribution >= 4 is 46.2 Å². The van der Waals surface area contributed by atoms with Crippen LogP contribution in [0.2, 0.25) is 0 Å². The summed E-state index contributed by atoms with van der Waals surface area (Å²) in [4.78, 5) is 25.2. The smallest absolute Gasteiger partial charge is 0.285 e. The van der Waals surface area contributed by atoms with E-state index >= 15 is 0 Å². The molecule has 2 amide bonds. The van der Waals surface area contributed by atoms with E-state index in [2.05, 4.69) is 5.43 Å². The van der Waals surface area contributed by atoms with Gasteiger partial charge in [0, 0.05) is 5.56 Å². The van der Waals surface area contributed by atoms with Crippen LogP contribution in [-0.2, 0) is 4.79 Å². The number of carbonyl (C=O) groups excluding carboxylic acids is 2. The van der Waals surface area contributed by atoms with Gasteiger partial charge in [-0.2, -0.15) is 5.01 Å². The number of hydrogen-bond donors (Lipinski definition) is 1. The van der Waals surface area contributed by atoms with Crippen molar-refractivity contribution in [3.05, 3.63) is 70.6 Å². The predicted molar refractivity (Wildman–Crippen MR) is 102 cm³/mol. The van der Waals surface area contributed by atoms with E-state index < -0.39 is 0 Å². The fourth-order valence-electron chi connectivity index (χ4n) is 2.17. The second-order valence-electron chi connectivity index (χ2n) is 5.10. The van der Waals surface area contributed by atoms with E-state index in [1.807, 2.05) is 30.3 Å². The van der Waals surface area contributed by atoms with Crippen LogP contribution in [0.25, 0.3) is 6.08 Å². The molecule has 1 N–H and O–H groups in total. The van der Waals surface area contributed by atoms with Crippen LogP contribution in [-0.4, -0.2) is 28.3 Å². The monoisotopic (exact) mass is 370 g/mol. The van der Waals surface area contributed by atoms with Gasteiger partial charge >= 0.3 is 0 Å². The van der Waals surface area contributed by atoms with E-state index in [4.69, 9.17) is 17.0 Å². The summed E-state index contributed by atoms with van der Waals surface area (Å²) in [5, 5.41) is 1.10. The Balaban J connectivity index is 1.75. The number of benzene rings is 2. The molecule has 1 fully saturated rings. The molecule has 1 heterocycles. The van der Waals surface area contributed by atoms with Gasteiger partial charge in [-0.25, -0.2) is 0 Å². The number of ether oxygens (including phenoxy) is 1. The first-order valence-corrected chi connectivity index (χ1v) is 8.59. The topological polar surface area (TPSA) is 58.6 Å². The zero-order chi connectivity index (χ0) is 17.8. The summed E-state index contributed by atoms with van der Waals surface area (Å²) in [6.45, 7) is 0. The Morgan fingerprint density at radius 3 is 2.48 bits per heavy atom. The van der Waals surface area contributed by atoms with Crippen LogP contribution in [0.15, 0.2) is 59.5 Å². The molecular formula is C18H14N2O3S2.